The summed E-state index contributed by atoms with van der Waals surface area (Å²) in [6.45, 7) is 5.45. The first kappa shape index (κ1) is 13.9. The molecule has 0 bridgehead atoms. The van der Waals surface area contributed by atoms with Crippen molar-refractivity contribution in [2.45, 2.75) is 45.7 Å². The first-order valence-electron chi connectivity index (χ1n) is 6.19. The zero-order valence-electron chi connectivity index (χ0n) is 10.7. The van der Waals surface area contributed by atoms with Crippen LogP contribution >= 0.6 is 0 Å². The van der Waals surface area contributed by atoms with Gasteiger partial charge in [0.1, 0.15) is 12.1 Å². The van der Waals surface area contributed by atoms with Crippen LogP contribution in [0.15, 0.2) is 0 Å². The number of alkyl halides is 1. The quantitative estimate of drug-likeness (QED) is 0.787. The molecule has 1 rings (SSSR count). The van der Waals surface area contributed by atoms with E-state index in [1.54, 1.807) is 6.92 Å². The molecule has 1 saturated heterocycles. The fourth-order valence-electron chi connectivity index (χ4n) is 2.00. The van der Waals surface area contributed by atoms with E-state index in [-0.39, 0.29) is 24.2 Å². The van der Waals surface area contributed by atoms with Crippen LogP contribution in [0.3, 0.4) is 0 Å². The van der Waals surface area contributed by atoms with Crippen molar-refractivity contribution < 1.29 is 14.0 Å². The minimum Gasteiger partial charge on any atom is -0.342 e. The number of amides is 2. The molecule has 0 aromatic carbocycles. The number of nitrogens with one attached hydrogen (secondary N) is 1. The first-order chi connectivity index (χ1) is 8.02. The van der Waals surface area contributed by atoms with E-state index >= 15 is 0 Å². The Balaban J connectivity index is 2.79. The molecule has 3 unspecified atom stereocenters. The van der Waals surface area contributed by atoms with Crippen molar-refractivity contribution >= 4 is 11.8 Å². The smallest absolute Gasteiger partial charge is 0.246 e. The largest absolute Gasteiger partial charge is 0.342 e. The van der Waals surface area contributed by atoms with Crippen LogP contribution in [-0.4, -0.2) is 42.0 Å². The maximum Gasteiger partial charge on any atom is 0.246 e. The van der Waals surface area contributed by atoms with Crippen LogP contribution in [0.25, 0.3) is 0 Å². The Morgan fingerprint density at radius 3 is 2.65 bits per heavy atom. The highest BCUT2D eigenvalue weighted by Gasteiger charge is 2.39. The van der Waals surface area contributed by atoms with E-state index < -0.39 is 18.8 Å². The molecule has 1 aliphatic heterocycles. The number of hydrogen-bond donors (Lipinski definition) is 1. The maximum absolute atomic E-state index is 12.2. The van der Waals surface area contributed by atoms with Crippen LogP contribution in [0, 0.1) is 5.92 Å². The van der Waals surface area contributed by atoms with Crippen molar-refractivity contribution in [3.8, 4) is 0 Å². The summed E-state index contributed by atoms with van der Waals surface area (Å²) in [5, 5.41) is 2.75. The minimum atomic E-state index is -0.491. The number of hydrogen-bond acceptors (Lipinski definition) is 2. The highest BCUT2D eigenvalue weighted by Crippen LogP contribution is 2.17. The van der Waals surface area contributed by atoms with Crippen LogP contribution in [0.2, 0.25) is 0 Å². The molecule has 1 N–H and O–H groups in total. The number of halogens is 1. The number of carbonyl (C=O) groups excluding carboxylic acids is 2. The van der Waals surface area contributed by atoms with Gasteiger partial charge >= 0.3 is 0 Å². The summed E-state index contributed by atoms with van der Waals surface area (Å²) in [6, 6.07) is -0.947. The van der Waals surface area contributed by atoms with Gasteiger partial charge in [-0.15, -0.1) is 0 Å². The molecule has 0 aliphatic carbocycles. The molecular formula is C12H21FN2O2. The van der Waals surface area contributed by atoms with E-state index in [1.165, 1.54) is 4.90 Å². The third-order valence-electron chi connectivity index (χ3n) is 3.44. The summed E-state index contributed by atoms with van der Waals surface area (Å²) in [5.74, 6) is -0.125. The zero-order valence-corrected chi connectivity index (χ0v) is 10.7. The van der Waals surface area contributed by atoms with Crippen molar-refractivity contribution in [1.82, 2.24) is 10.2 Å². The number of nitrogens with zero attached hydrogens (tertiary/aromatic N) is 1. The van der Waals surface area contributed by atoms with Gasteiger partial charge in [-0.1, -0.05) is 20.3 Å². The SMILES string of the molecule is CCC(C)C1NC(=O)C(C)N(CCCF)C1=O. The molecule has 4 nitrogen and oxygen atoms in total. The Hall–Kier alpha value is -1.13. The average Bonchev–Trinajstić information content (AvgIpc) is 2.33. The second-order valence-electron chi connectivity index (χ2n) is 4.62. The molecule has 98 valence electrons. The molecule has 1 aliphatic rings. The molecular weight excluding hydrogens is 223 g/mol. The molecule has 0 spiro atoms. The molecule has 1 heterocycles. The first-order valence-corrected chi connectivity index (χ1v) is 6.19. The Bertz CT molecular complexity index is 296. The molecule has 0 aromatic heterocycles. The van der Waals surface area contributed by atoms with Gasteiger partial charge in [0.05, 0.1) is 6.67 Å². The lowest BCUT2D eigenvalue weighted by Crippen LogP contribution is -2.64. The van der Waals surface area contributed by atoms with E-state index in [2.05, 4.69) is 5.32 Å². The Labute approximate surface area is 102 Å². The van der Waals surface area contributed by atoms with Crippen molar-refractivity contribution in [2.75, 3.05) is 13.2 Å². The topological polar surface area (TPSA) is 49.4 Å². The van der Waals surface area contributed by atoms with E-state index in [0.717, 1.165) is 6.42 Å². The van der Waals surface area contributed by atoms with Gasteiger partial charge in [-0.05, 0) is 19.3 Å². The van der Waals surface area contributed by atoms with Crippen molar-refractivity contribution in [3.63, 3.8) is 0 Å². The zero-order chi connectivity index (χ0) is 13.0. The predicted molar refractivity (Wildman–Crippen MR) is 63.2 cm³/mol. The van der Waals surface area contributed by atoms with E-state index in [0.29, 0.717) is 6.54 Å². The molecule has 17 heavy (non-hydrogen) atoms. The summed E-state index contributed by atoms with van der Waals surface area (Å²) < 4.78 is 12.2. The highest BCUT2D eigenvalue weighted by atomic mass is 19.1. The summed E-state index contributed by atoms with van der Waals surface area (Å²) in [4.78, 5) is 25.4. The normalized spacial score (nSPS) is 26.9. The van der Waals surface area contributed by atoms with Gasteiger partial charge in [0.25, 0.3) is 0 Å². The second kappa shape index (κ2) is 5.98. The molecule has 0 aromatic rings. The van der Waals surface area contributed by atoms with Gasteiger partial charge in [0.2, 0.25) is 11.8 Å². The Morgan fingerprint density at radius 2 is 2.12 bits per heavy atom. The van der Waals surface area contributed by atoms with Crippen LogP contribution in [0.1, 0.15) is 33.6 Å². The van der Waals surface area contributed by atoms with E-state index in [4.69, 9.17) is 0 Å². The van der Waals surface area contributed by atoms with Gasteiger partial charge in [0, 0.05) is 6.54 Å². The molecule has 0 saturated carbocycles. The molecule has 5 heteroatoms. The van der Waals surface area contributed by atoms with Crippen LogP contribution < -0.4 is 5.32 Å². The summed E-state index contributed by atoms with van der Waals surface area (Å²) in [7, 11) is 0. The number of carbonyl (C=O) groups is 2. The third-order valence-corrected chi connectivity index (χ3v) is 3.44. The highest BCUT2D eigenvalue weighted by molar-refractivity contribution is 5.96. The second-order valence-corrected chi connectivity index (χ2v) is 4.62. The Kier molecular flexibility index (Phi) is 4.90. The standard InChI is InChI=1S/C12H21FN2O2/c1-4-8(2)10-12(17)15(7-5-6-13)9(3)11(16)14-10/h8-10H,4-7H2,1-3H3,(H,14,16). The predicted octanol–water partition coefficient (Wildman–Crippen LogP) is 1.11. The minimum absolute atomic E-state index is 0.0834. The molecule has 3 atom stereocenters. The lowest BCUT2D eigenvalue weighted by Gasteiger charge is -2.39. The van der Waals surface area contributed by atoms with Gasteiger partial charge < -0.3 is 10.2 Å². The summed E-state index contributed by atoms with van der Waals surface area (Å²) in [6.07, 6.45) is 1.11. The van der Waals surface area contributed by atoms with Crippen LogP contribution in [-0.2, 0) is 9.59 Å². The summed E-state index contributed by atoms with van der Waals surface area (Å²) in [5.41, 5.74) is 0. The van der Waals surface area contributed by atoms with Gasteiger partial charge in [-0.2, -0.15) is 0 Å². The number of rotatable bonds is 5. The molecule has 1 fully saturated rings. The van der Waals surface area contributed by atoms with E-state index in [9.17, 15) is 14.0 Å². The maximum atomic E-state index is 12.2. The van der Waals surface area contributed by atoms with Gasteiger partial charge in [-0.3, -0.25) is 14.0 Å². The van der Waals surface area contributed by atoms with Gasteiger partial charge in [-0.25, -0.2) is 0 Å². The lowest BCUT2D eigenvalue weighted by molar-refractivity contribution is -0.150. The fraction of sp³-hybridized carbons (Fsp3) is 0.833. The van der Waals surface area contributed by atoms with Gasteiger partial charge in [0.15, 0.2) is 0 Å². The number of piperazine rings is 1. The fourth-order valence-corrected chi connectivity index (χ4v) is 2.00. The van der Waals surface area contributed by atoms with Crippen molar-refractivity contribution in [2.24, 2.45) is 5.92 Å². The third kappa shape index (κ3) is 2.96. The average molecular weight is 244 g/mol. The van der Waals surface area contributed by atoms with E-state index in [1.807, 2.05) is 13.8 Å². The Morgan fingerprint density at radius 1 is 1.47 bits per heavy atom. The monoisotopic (exact) mass is 244 g/mol. The van der Waals surface area contributed by atoms with Crippen LogP contribution in [0.4, 0.5) is 4.39 Å². The lowest BCUT2D eigenvalue weighted by atomic mass is 9.94. The van der Waals surface area contributed by atoms with Crippen molar-refractivity contribution in [3.05, 3.63) is 0 Å². The molecule has 0 radical (unpaired) electrons. The summed E-state index contributed by atoms with van der Waals surface area (Å²) >= 11 is 0. The molecule has 2 amide bonds. The van der Waals surface area contributed by atoms with Crippen molar-refractivity contribution in [1.29, 1.82) is 0 Å². The van der Waals surface area contributed by atoms with Crippen LogP contribution in [0.5, 0.6) is 0 Å².